The molecule has 0 amide bonds. The number of fused-ring (bicyclic) bond motifs is 1. The van der Waals surface area contributed by atoms with Crippen molar-refractivity contribution in [3.8, 4) is 0 Å². The van der Waals surface area contributed by atoms with Crippen LogP contribution < -0.4 is 5.73 Å². The molecule has 1 heterocycles. The Morgan fingerprint density at radius 2 is 2.25 bits per heavy atom. The number of benzene rings is 1. The largest absolute Gasteiger partial charge is 0.384 e. The van der Waals surface area contributed by atoms with Crippen LogP contribution in [0.25, 0.3) is 0 Å². The zero-order valence-electron chi connectivity index (χ0n) is 8.73. The Morgan fingerprint density at radius 3 is 3.00 bits per heavy atom. The highest BCUT2D eigenvalue weighted by atomic mass is 79.9. The lowest BCUT2D eigenvalue weighted by Crippen LogP contribution is -2.11. The van der Waals surface area contributed by atoms with E-state index < -0.39 is 0 Å². The Hall–Kier alpha value is -1.29. The van der Waals surface area contributed by atoms with Crippen LogP contribution in [0.15, 0.2) is 34.9 Å². The number of hydrogen-bond acceptors (Lipinski definition) is 2. The molecule has 1 aliphatic rings. The summed E-state index contributed by atoms with van der Waals surface area (Å²) in [6, 6.07) is 8.46. The van der Waals surface area contributed by atoms with Gasteiger partial charge in [-0.15, -0.1) is 0 Å². The fourth-order valence-electron chi connectivity index (χ4n) is 2.43. The molecule has 2 aromatic rings. The van der Waals surface area contributed by atoms with Crippen molar-refractivity contribution in [2.24, 2.45) is 0 Å². The van der Waals surface area contributed by atoms with Gasteiger partial charge >= 0.3 is 0 Å². The minimum Gasteiger partial charge on any atom is -0.384 e. The summed E-state index contributed by atoms with van der Waals surface area (Å²) in [5, 5.41) is 4.30. The van der Waals surface area contributed by atoms with E-state index >= 15 is 0 Å². The molecule has 1 aromatic carbocycles. The van der Waals surface area contributed by atoms with Crippen LogP contribution in [0.3, 0.4) is 0 Å². The topological polar surface area (TPSA) is 43.8 Å². The summed E-state index contributed by atoms with van der Waals surface area (Å²) in [5.41, 5.74) is 8.63. The number of aromatic nitrogens is 2. The van der Waals surface area contributed by atoms with Crippen LogP contribution >= 0.6 is 15.9 Å². The summed E-state index contributed by atoms with van der Waals surface area (Å²) >= 11 is 3.60. The van der Waals surface area contributed by atoms with Crippen LogP contribution in [0.1, 0.15) is 23.6 Å². The molecule has 2 N–H and O–H groups in total. The maximum absolute atomic E-state index is 5.90. The molecular formula is C12H12BrN3. The Morgan fingerprint density at radius 1 is 1.38 bits per heavy atom. The smallest absolute Gasteiger partial charge is 0.122 e. The normalized spacial score (nSPS) is 18.7. The minimum absolute atomic E-state index is 0.294. The van der Waals surface area contributed by atoms with Gasteiger partial charge in [-0.1, -0.05) is 28.1 Å². The average molecular weight is 278 g/mol. The van der Waals surface area contributed by atoms with Crippen molar-refractivity contribution in [2.75, 3.05) is 5.73 Å². The van der Waals surface area contributed by atoms with Gasteiger partial charge in [0, 0.05) is 4.47 Å². The molecule has 1 atom stereocenters. The van der Waals surface area contributed by atoms with Crippen molar-refractivity contribution in [1.82, 2.24) is 9.78 Å². The third-order valence-electron chi connectivity index (χ3n) is 3.18. The van der Waals surface area contributed by atoms with Gasteiger partial charge in [-0.25, -0.2) is 4.68 Å². The average Bonchev–Trinajstić information content (AvgIpc) is 2.84. The van der Waals surface area contributed by atoms with Gasteiger partial charge in [0.05, 0.1) is 12.2 Å². The number of hydrogen-bond donors (Lipinski definition) is 1. The highest BCUT2D eigenvalue weighted by molar-refractivity contribution is 9.10. The molecule has 0 bridgehead atoms. The van der Waals surface area contributed by atoms with E-state index in [-0.39, 0.29) is 0 Å². The first-order valence-electron chi connectivity index (χ1n) is 5.33. The van der Waals surface area contributed by atoms with Crippen LogP contribution in [-0.2, 0) is 6.42 Å². The van der Waals surface area contributed by atoms with E-state index in [0.29, 0.717) is 6.04 Å². The van der Waals surface area contributed by atoms with E-state index in [2.05, 4.69) is 39.2 Å². The molecule has 16 heavy (non-hydrogen) atoms. The van der Waals surface area contributed by atoms with Crippen molar-refractivity contribution >= 4 is 21.7 Å². The van der Waals surface area contributed by atoms with Gasteiger partial charge in [0.2, 0.25) is 0 Å². The van der Waals surface area contributed by atoms with Crippen LogP contribution in [-0.4, -0.2) is 9.78 Å². The molecular weight excluding hydrogens is 266 g/mol. The fourth-order valence-corrected chi connectivity index (χ4v) is 3.01. The lowest BCUT2D eigenvalue weighted by atomic mass is 10.1. The number of rotatable bonds is 1. The monoisotopic (exact) mass is 277 g/mol. The van der Waals surface area contributed by atoms with Crippen molar-refractivity contribution in [3.05, 3.63) is 46.1 Å². The van der Waals surface area contributed by atoms with E-state index in [1.54, 1.807) is 6.20 Å². The van der Waals surface area contributed by atoms with Gasteiger partial charge in [0.25, 0.3) is 0 Å². The molecule has 0 saturated heterocycles. The SMILES string of the molecule is Nc1ccnn1C1CCc2c(Br)cccc21. The first kappa shape index (κ1) is 9.90. The number of nitrogens with two attached hydrogens (primary N) is 1. The first-order chi connectivity index (χ1) is 7.77. The standard InChI is InChI=1S/C12H12BrN3/c13-10-3-1-2-9-8(10)4-5-11(9)16-12(14)6-7-15-16/h1-3,6-7,11H,4-5,14H2. The number of nitrogen functional groups attached to an aromatic ring is 1. The van der Waals surface area contributed by atoms with Crippen LogP contribution in [0.4, 0.5) is 5.82 Å². The highest BCUT2D eigenvalue weighted by Gasteiger charge is 2.26. The molecule has 1 aromatic heterocycles. The predicted octanol–water partition coefficient (Wildman–Crippen LogP) is 2.76. The molecule has 0 saturated carbocycles. The number of anilines is 1. The van der Waals surface area contributed by atoms with E-state index in [9.17, 15) is 0 Å². The lowest BCUT2D eigenvalue weighted by molar-refractivity contribution is 0.528. The third kappa shape index (κ3) is 1.37. The van der Waals surface area contributed by atoms with Crippen molar-refractivity contribution in [3.63, 3.8) is 0 Å². The molecule has 0 fully saturated rings. The van der Waals surface area contributed by atoms with E-state index in [0.717, 1.165) is 18.7 Å². The predicted molar refractivity (Wildman–Crippen MR) is 67.2 cm³/mol. The highest BCUT2D eigenvalue weighted by Crippen LogP contribution is 2.38. The van der Waals surface area contributed by atoms with E-state index in [1.165, 1.54) is 15.6 Å². The molecule has 4 heteroatoms. The van der Waals surface area contributed by atoms with Crippen LogP contribution in [0.2, 0.25) is 0 Å². The molecule has 3 nitrogen and oxygen atoms in total. The van der Waals surface area contributed by atoms with Gasteiger partial charge < -0.3 is 5.73 Å². The summed E-state index contributed by atoms with van der Waals surface area (Å²) in [7, 11) is 0. The second kappa shape index (κ2) is 3.63. The fraction of sp³-hybridized carbons (Fsp3) is 0.250. The molecule has 0 spiro atoms. The van der Waals surface area contributed by atoms with Gasteiger partial charge in [-0.2, -0.15) is 5.10 Å². The second-order valence-corrected chi connectivity index (χ2v) is 4.92. The molecule has 1 unspecified atom stereocenters. The quantitative estimate of drug-likeness (QED) is 0.871. The summed E-state index contributed by atoms with van der Waals surface area (Å²) in [5.74, 6) is 0.734. The summed E-state index contributed by atoms with van der Waals surface area (Å²) in [6.45, 7) is 0. The molecule has 0 radical (unpaired) electrons. The number of halogens is 1. The summed E-state index contributed by atoms with van der Waals surface area (Å²) in [4.78, 5) is 0. The van der Waals surface area contributed by atoms with E-state index in [4.69, 9.17) is 5.73 Å². The summed E-state index contributed by atoms with van der Waals surface area (Å²) in [6.07, 6.45) is 3.91. The Labute approximate surface area is 102 Å². The second-order valence-electron chi connectivity index (χ2n) is 4.06. The Kier molecular flexibility index (Phi) is 2.24. The summed E-state index contributed by atoms with van der Waals surface area (Å²) < 4.78 is 3.11. The Balaban J connectivity index is 2.10. The zero-order valence-corrected chi connectivity index (χ0v) is 10.3. The molecule has 3 rings (SSSR count). The molecule has 0 aliphatic heterocycles. The Bertz CT molecular complexity index is 533. The van der Waals surface area contributed by atoms with Gasteiger partial charge in [0.1, 0.15) is 5.82 Å². The maximum atomic E-state index is 5.90. The van der Waals surface area contributed by atoms with Crippen molar-refractivity contribution < 1.29 is 0 Å². The van der Waals surface area contributed by atoms with Crippen molar-refractivity contribution in [2.45, 2.75) is 18.9 Å². The van der Waals surface area contributed by atoms with Gasteiger partial charge in [0.15, 0.2) is 0 Å². The number of nitrogens with zero attached hydrogens (tertiary/aromatic N) is 2. The van der Waals surface area contributed by atoms with Gasteiger partial charge in [-0.3, -0.25) is 0 Å². The molecule has 1 aliphatic carbocycles. The van der Waals surface area contributed by atoms with Gasteiger partial charge in [-0.05, 0) is 36.1 Å². The minimum atomic E-state index is 0.294. The molecule has 82 valence electrons. The maximum Gasteiger partial charge on any atom is 0.122 e. The van der Waals surface area contributed by atoms with Crippen LogP contribution in [0.5, 0.6) is 0 Å². The van der Waals surface area contributed by atoms with Crippen molar-refractivity contribution in [1.29, 1.82) is 0 Å². The van der Waals surface area contributed by atoms with E-state index in [1.807, 2.05) is 10.7 Å². The lowest BCUT2D eigenvalue weighted by Gasteiger charge is -2.14. The third-order valence-corrected chi connectivity index (χ3v) is 3.92. The first-order valence-corrected chi connectivity index (χ1v) is 6.13. The van der Waals surface area contributed by atoms with Crippen LogP contribution in [0, 0.1) is 0 Å². The zero-order chi connectivity index (χ0) is 11.1.